The molecule has 0 atom stereocenters. The molecule has 11 heteroatoms. The molecule has 2 fully saturated rings. The van der Waals surface area contributed by atoms with Gasteiger partial charge in [-0.3, -0.25) is 14.6 Å². The number of hydrogen-bond donors (Lipinski definition) is 1. The van der Waals surface area contributed by atoms with Crippen LogP contribution in [0.1, 0.15) is 35.8 Å². The number of pyridine rings is 1. The van der Waals surface area contributed by atoms with Crippen molar-refractivity contribution in [1.82, 2.24) is 20.1 Å². The monoisotopic (exact) mass is 593 g/mol. The third-order valence-corrected chi connectivity index (χ3v) is 8.15. The van der Waals surface area contributed by atoms with Gasteiger partial charge in [-0.05, 0) is 50.2 Å². The number of rotatable bonds is 7. The number of carbonyl (C=O) groups excluding carboxylic acids is 1. The van der Waals surface area contributed by atoms with Gasteiger partial charge in [-0.2, -0.15) is 0 Å². The summed E-state index contributed by atoms with van der Waals surface area (Å²) in [5.74, 6) is -1.29. The van der Waals surface area contributed by atoms with Crippen molar-refractivity contribution in [3.05, 3.63) is 92.8 Å². The summed E-state index contributed by atoms with van der Waals surface area (Å²) in [5.41, 5.74) is 1.16. The van der Waals surface area contributed by atoms with Crippen LogP contribution in [0.4, 0.5) is 19.0 Å². The normalized spacial score (nSPS) is 17.3. The van der Waals surface area contributed by atoms with E-state index in [1.54, 1.807) is 12.1 Å². The third-order valence-electron chi connectivity index (χ3n) is 7.63. The van der Waals surface area contributed by atoms with Gasteiger partial charge in [0.2, 0.25) is 0 Å². The van der Waals surface area contributed by atoms with Gasteiger partial charge in [0.25, 0.3) is 5.91 Å². The number of piperidine rings is 1. The van der Waals surface area contributed by atoms with Gasteiger partial charge in [-0.15, -0.1) is 0 Å². The summed E-state index contributed by atoms with van der Waals surface area (Å²) < 4.78 is 41.2. The lowest BCUT2D eigenvalue weighted by molar-refractivity contribution is 0.0950. The van der Waals surface area contributed by atoms with E-state index in [2.05, 4.69) is 25.0 Å². The Bertz CT molecular complexity index is 1370. The molecule has 0 unspecified atom stereocenters. The molecule has 2 aliphatic rings. The van der Waals surface area contributed by atoms with Crippen LogP contribution >= 0.6 is 23.2 Å². The maximum atomic E-state index is 14.0. The Morgan fingerprint density at radius 1 is 0.925 bits per heavy atom. The van der Waals surface area contributed by atoms with E-state index in [4.69, 9.17) is 23.2 Å². The molecule has 214 valence electrons. The molecule has 0 aliphatic carbocycles. The third kappa shape index (κ3) is 6.89. The second kappa shape index (κ2) is 12.8. The van der Waals surface area contributed by atoms with Crippen LogP contribution in [0.5, 0.6) is 0 Å². The minimum Gasteiger partial charge on any atom is -0.353 e. The van der Waals surface area contributed by atoms with Crippen molar-refractivity contribution in [1.29, 1.82) is 0 Å². The predicted molar refractivity (Wildman–Crippen MR) is 152 cm³/mol. The summed E-state index contributed by atoms with van der Waals surface area (Å²) in [6, 6.07) is 10.1. The molecule has 2 saturated heterocycles. The lowest BCUT2D eigenvalue weighted by atomic mass is 10.0. The number of amides is 1. The molecule has 2 aromatic carbocycles. The Labute approximate surface area is 243 Å². The number of benzene rings is 2. The molecule has 2 aliphatic heterocycles. The number of likely N-dealkylation sites (tertiary alicyclic amines) is 1. The van der Waals surface area contributed by atoms with E-state index in [1.165, 1.54) is 30.5 Å². The first kappa shape index (κ1) is 28.7. The molecule has 5 rings (SSSR count). The molecule has 3 heterocycles. The summed E-state index contributed by atoms with van der Waals surface area (Å²) in [6.07, 6.45) is 3.47. The lowest BCUT2D eigenvalue weighted by Crippen LogP contribution is -2.53. The molecule has 40 heavy (non-hydrogen) atoms. The lowest BCUT2D eigenvalue weighted by Gasteiger charge is -2.43. The van der Waals surface area contributed by atoms with Crippen LogP contribution in [0, 0.1) is 17.5 Å². The summed E-state index contributed by atoms with van der Waals surface area (Å²) in [7, 11) is 0. The predicted octanol–water partition coefficient (Wildman–Crippen LogP) is 5.77. The van der Waals surface area contributed by atoms with E-state index in [1.807, 2.05) is 0 Å². The maximum Gasteiger partial charge on any atom is 0.253 e. The van der Waals surface area contributed by atoms with Gasteiger partial charge >= 0.3 is 0 Å². The molecule has 0 spiro atoms. The minimum atomic E-state index is -0.555. The highest BCUT2D eigenvalue weighted by atomic mass is 35.5. The van der Waals surface area contributed by atoms with E-state index in [0.29, 0.717) is 45.1 Å². The number of hydrogen-bond acceptors (Lipinski definition) is 5. The van der Waals surface area contributed by atoms with E-state index >= 15 is 0 Å². The van der Waals surface area contributed by atoms with E-state index in [-0.39, 0.29) is 7.97 Å². The zero-order chi connectivity index (χ0) is 28.2. The number of carbonyl (C=O) groups is 1. The van der Waals surface area contributed by atoms with Gasteiger partial charge in [0, 0.05) is 75.1 Å². The molecule has 1 aromatic heterocycles. The van der Waals surface area contributed by atoms with E-state index in [0.717, 1.165) is 58.2 Å². The number of nitrogens with zero attached hydrogens (tertiary/aromatic N) is 4. The maximum absolute atomic E-state index is 14.0. The quantitative estimate of drug-likeness (QED) is 0.377. The summed E-state index contributed by atoms with van der Waals surface area (Å²) in [6.45, 7) is 5.49. The highest BCUT2D eigenvalue weighted by Gasteiger charge is 2.29. The standard InChI is InChI=1S/C29H30Cl2F3N5O.H2/c30-22-3-1-19(26(33)14-22)16-36-29(40)21-13-25(31)28(35-17-21)39-11-9-38(10-12-39)24-5-7-37(8-6-24)18-20-2-4-23(32)15-27(20)34;/h1-4,13-15,17,24H,5-12,16,18H2,(H,36,40);1H. The van der Waals surface area contributed by atoms with Crippen molar-refractivity contribution in [3.8, 4) is 0 Å². The van der Waals surface area contributed by atoms with Crippen molar-refractivity contribution < 1.29 is 19.4 Å². The summed E-state index contributed by atoms with van der Waals surface area (Å²) in [5, 5.41) is 3.37. The van der Waals surface area contributed by atoms with Crippen LogP contribution < -0.4 is 10.2 Å². The number of halogens is 5. The molecule has 0 bridgehead atoms. The van der Waals surface area contributed by atoms with Crippen molar-refractivity contribution in [2.45, 2.75) is 32.0 Å². The molecule has 0 saturated carbocycles. The van der Waals surface area contributed by atoms with Gasteiger partial charge < -0.3 is 10.2 Å². The van der Waals surface area contributed by atoms with Gasteiger partial charge in [0.05, 0.1) is 10.6 Å². The molecule has 3 aromatic rings. The summed E-state index contributed by atoms with van der Waals surface area (Å²) in [4.78, 5) is 23.9. The zero-order valence-electron chi connectivity index (χ0n) is 21.9. The first-order valence-electron chi connectivity index (χ1n) is 13.3. The fourth-order valence-electron chi connectivity index (χ4n) is 5.36. The Hall–Kier alpha value is -2.85. The van der Waals surface area contributed by atoms with Gasteiger partial charge in [0.1, 0.15) is 23.3 Å². The van der Waals surface area contributed by atoms with Crippen LogP contribution in [-0.2, 0) is 13.1 Å². The fraction of sp³-hybridized carbons (Fsp3) is 0.379. The second-order valence-corrected chi connectivity index (χ2v) is 11.1. The average Bonchev–Trinajstić information content (AvgIpc) is 2.94. The molecular weight excluding hydrogens is 562 g/mol. The van der Waals surface area contributed by atoms with E-state index in [9.17, 15) is 18.0 Å². The fourth-order valence-corrected chi connectivity index (χ4v) is 5.81. The first-order chi connectivity index (χ1) is 19.3. The number of nitrogens with one attached hydrogen (secondary N) is 1. The van der Waals surface area contributed by atoms with Gasteiger partial charge in [-0.25, -0.2) is 18.2 Å². The smallest absolute Gasteiger partial charge is 0.253 e. The Kier molecular flexibility index (Phi) is 9.15. The van der Waals surface area contributed by atoms with Crippen LogP contribution in [0.15, 0.2) is 48.7 Å². The Morgan fingerprint density at radius 2 is 1.62 bits per heavy atom. The number of piperazine rings is 1. The zero-order valence-corrected chi connectivity index (χ0v) is 23.4. The molecular formula is C29H32Cl2F3N5O. The van der Waals surface area contributed by atoms with Crippen molar-refractivity contribution in [2.24, 2.45) is 0 Å². The first-order valence-corrected chi connectivity index (χ1v) is 14.1. The van der Waals surface area contributed by atoms with Crippen molar-refractivity contribution in [3.63, 3.8) is 0 Å². The number of anilines is 1. The van der Waals surface area contributed by atoms with Gasteiger partial charge in [0.15, 0.2) is 0 Å². The average molecular weight is 595 g/mol. The van der Waals surface area contributed by atoms with Crippen LogP contribution in [0.3, 0.4) is 0 Å². The molecule has 1 N–H and O–H groups in total. The van der Waals surface area contributed by atoms with E-state index < -0.39 is 23.4 Å². The Morgan fingerprint density at radius 3 is 2.30 bits per heavy atom. The molecule has 1 amide bonds. The SMILES string of the molecule is O=C(NCc1ccc(Cl)cc1F)c1cnc(N2CCN(C3CCN(Cc4ccc(F)cc4F)CC3)CC2)c(Cl)c1.[HH]. The van der Waals surface area contributed by atoms with Crippen LogP contribution in [0.2, 0.25) is 10.0 Å². The highest BCUT2D eigenvalue weighted by molar-refractivity contribution is 6.33. The molecule has 6 nitrogen and oxygen atoms in total. The van der Waals surface area contributed by atoms with Crippen LogP contribution in [0.25, 0.3) is 0 Å². The largest absolute Gasteiger partial charge is 0.353 e. The van der Waals surface area contributed by atoms with Crippen molar-refractivity contribution >= 4 is 34.9 Å². The van der Waals surface area contributed by atoms with Crippen molar-refractivity contribution in [2.75, 3.05) is 44.2 Å². The second-order valence-electron chi connectivity index (χ2n) is 10.2. The highest BCUT2D eigenvalue weighted by Crippen LogP contribution is 2.27. The van der Waals surface area contributed by atoms with Gasteiger partial charge in [-0.1, -0.05) is 35.3 Å². The topological polar surface area (TPSA) is 51.7 Å². The Balaban J connectivity index is 0.00000387. The minimum absolute atomic E-state index is 0. The van der Waals surface area contributed by atoms with Crippen LogP contribution in [-0.4, -0.2) is 66.0 Å². The molecule has 0 radical (unpaired) electrons. The summed E-state index contributed by atoms with van der Waals surface area (Å²) >= 11 is 12.3. The number of aromatic nitrogens is 1.